The summed E-state index contributed by atoms with van der Waals surface area (Å²) in [6, 6.07) is 3.44. The smallest absolute Gasteiger partial charge is 0.255 e. The Morgan fingerprint density at radius 2 is 2.10 bits per heavy atom. The van der Waals surface area contributed by atoms with Crippen molar-refractivity contribution < 1.29 is 20.1 Å². The lowest BCUT2D eigenvalue weighted by atomic mass is 10.0. The molecule has 3 rings (SSSR count). The second-order valence-corrected chi connectivity index (χ2v) is 5.26. The number of hydrogen-bond donors (Lipinski definition) is 4. The van der Waals surface area contributed by atoms with Gasteiger partial charge in [0.25, 0.3) is 5.56 Å². The number of ether oxygens (including phenoxy) is 1. The van der Waals surface area contributed by atoms with Crippen molar-refractivity contribution in [3.05, 3.63) is 39.8 Å². The summed E-state index contributed by atoms with van der Waals surface area (Å²) in [6.45, 7) is 1.45. The minimum atomic E-state index is -1.27. The molecule has 7 heteroatoms. The largest absolute Gasteiger partial charge is 0.394 e. The summed E-state index contributed by atoms with van der Waals surface area (Å²) < 4.78 is 5.39. The number of fused-ring (bicyclic) bond motifs is 1. The Hall–Kier alpha value is -1.80. The number of aliphatic hydroxyl groups excluding tert-OH is 3. The molecule has 0 spiro atoms. The number of rotatable bonds is 2. The number of aromatic amines is 1. The quantitative estimate of drug-likeness (QED) is 0.586. The Labute approximate surface area is 119 Å². The fourth-order valence-electron chi connectivity index (χ4n) is 2.59. The Kier molecular flexibility index (Phi) is 3.50. The van der Waals surface area contributed by atoms with Crippen molar-refractivity contribution in [2.75, 3.05) is 6.61 Å². The molecule has 0 radical (unpaired) electrons. The van der Waals surface area contributed by atoms with Crippen LogP contribution < -0.4 is 5.56 Å². The van der Waals surface area contributed by atoms with Gasteiger partial charge < -0.3 is 25.0 Å². The molecule has 0 saturated carbocycles. The lowest BCUT2D eigenvalue weighted by Crippen LogP contribution is -2.33. The van der Waals surface area contributed by atoms with E-state index in [0.29, 0.717) is 11.0 Å². The first-order chi connectivity index (χ1) is 10.0. The highest BCUT2D eigenvalue weighted by molar-refractivity contribution is 5.75. The maximum absolute atomic E-state index is 12.1. The minimum Gasteiger partial charge on any atom is -0.394 e. The molecule has 1 aliphatic heterocycles. The van der Waals surface area contributed by atoms with E-state index in [1.807, 2.05) is 13.0 Å². The summed E-state index contributed by atoms with van der Waals surface area (Å²) in [4.78, 5) is 18.9. The molecule has 2 aromatic rings. The van der Waals surface area contributed by atoms with Crippen LogP contribution in [0.2, 0.25) is 0 Å². The molecular weight excluding hydrogens is 276 g/mol. The molecule has 0 bridgehead atoms. The van der Waals surface area contributed by atoms with E-state index >= 15 is 0 Å². The number of pyridine rings is 2. The van der Waals surface area contributed by atoms with Crippen molar-refractivity contribution in [2.24, 2.45) is 0 Å². The van der Waals surface area contributed by atoms with Gasteiger partial charge in [-0.1, -0.05) is 0 Å². The third-order valence-electron chi connectivity index (χ3n) is 3.71. The third-order valence-corrected chi connectivity index (χ3v) is 3.71. The predicted octanol–water partition coefficient (Wildman–Crippen LogP) is -0.614. The van der Waals surface area contributed by atoms with Gasteiger partial charge in [0.2, 0.25) is 0 Å². The highest BCUT2D eigenvalue weighted by Crippen LogP contribution is 2.32. The van der Waals surface area contributed by atoms with Gasteiger partial charge in [-0.15, -0.1) is 0 Å². The lowest BCUT2D eigenvalue weighted by Gasteiger charge is -2.14. The zero-order valence-electron chi connectivity index (χ0n) is 11.4. The summed E-state index contributed by atoms with van der Waals surface area (Å²) in [5.41, 5.74) is 1.15. The number of hydrogen-bond acceptors (Lipinski definition) is 6. The number of aliphatic hydroxyl groups is 3. The van der Waals surface area contributed by atoms with Crippen LogP contribution in [0, 0.1) is 6.92 Å². The molecule has 0 aromatic carbocycles. The van der Waals surface area contributed by atoms with Crippen LogP contribution in [0.4, 0.5) is 0 Å². The molecule has 4 N–H and O–H groups in total. The van der Waals surface area contributed by atoms with E-state index in [2.05, 4.69) is 9.97 Å². The molecule has 3 heterocycles. The molecule has 1 unspecified atom stereocenters. The van der Waals surface area contributed by atoms with E-state index < -0.39 is 36.6 Å². The van der Waals surface area contributed by atoms with E-state index in [9.17, 15) is 15.0 Å². The fraction of sp³-hybridized carbons (Fsp3) is 0.429. The van der Waals surface area contributed by atoms with Crippen LogP contribution in [-0.4, -0.2) is 50.2 Å². The van der Waals surface area contributed by atoms with Crippen molar-refractivity contribution in [1.29, 1.82) is 0 Å². The maximum atomic E-state index is 12.1. The molecule has 21 heavy (non-hydrogen) atoms. The van der Waals surface area contributed by atoms with Gasteiger partial charge in [0.05, 0.1) is 6.61 Å². The average Bonchev–Trinajstić information content (AvgIpc) is 2.75. The predicted molar refractivity (Wildman–Crippen MR) is 73.8 cm³/mol. The molecule has 4 atom stereocenters. The first kappa shape index (κ1) is 14.2. The zero-order chi connectivity index (χ0) is 15.1. The second kappa shape index (κ2) is 5.19. The normalized spacial score (nSPS) is 29.1. The van der Waals surface area contributed by atoms with Gasteiger partial charge >= 0.3 is 0 Å². The Bertz CT molecular complexity index is 729. The SMILES string of the molecule is Cc1cnc2[nH]c(=O)c([C@@H]3O[C@H](CO)C(O)[C@@H]3O)cc2c1. The highest BCUT2D eigenvalue weighted by Gasteiger charge is 2.44. The summed E-state index contributed by atoms with van der Waals surface area (Å²) in [6.07, 6.45) is -2.74. The van der Waals surface area contributed by atoms with Crippen LogP contribution in [0.15, 0.2) is 23.1 Å². The summed E-state index contributed by atoms with van der Waals surface area (Å²) in [5, 5.41) is 29.6. The van der Waals surface area contributed by atoms with Crippen LogP contribution in [0.25, 0.3) is 11.0 Å². The van der Waals surface area contributed by atoms with Crippen molar-refractivity contribution in [3.8, 4) is 0 Å². The van der Waals surface area contributed by atoms with E-state index in [-0.39, 0.29) is 5.56 Å². The van der Waals surface area contributed by atoms with E-state index in [1.54, 1.807) is 12.3 Å². The van der Waals surface area contributed by atoms with Gasteiger partial charge in [-0.3, -0.25) is 4.79 Å². The van der Waals surface area contributed by atoms with Gasteiger partial charge in [-0.25, -0.2) is 4.98 Å². The first-order valence-corrected chi connectivity index (χ1v) is 6.63. The van der Waals surface area contributed by atoms with E-state index in [0.717, 1.165) is 5.56 Å². The monoisotopic (exact) mass is 292 g/mol. The molecule has 112 valence electrons. The number of aromatic nitrogens is 2. The molecule has 1 aliphatic rings. The van der Waals surface area contributed by atoms with Crippen molar-refractivity contribution in [1.82, 2.24) is 9.97 Å². The molecule has 7 nitrogen and oxygen atoms in total. The Morgan fingerprint density at radius 1 is 1.33 bits per heavy atom. The summed E-state index contributed by atoms with van der Waals surface area (Å²) in [5.74, 6) is 0. The van der Waals surface area contributed by atoms with Gasteiger partial charge in [-0.05, 0) is 24.6 Å². The molecule has 1 fully saturated rings. The van der Waals surface area contributed by atoms with Crippen molar-refractivity contribution >= 4 is 11.0 Å². The van der Waals surface area contributed by atoms with Crippen molar-refractivity contribution in [2.45, 2.75) is 31.3 Å². The molecular formula is C14H16N2O5. The van der Waals surface area contributed by atoms with Crippen LogP contribution in [0.5, 0.6) is 0 Å². The summed E-state index contributed by atoms with van der Waals surface area (Å²) in [7, 11) is 0. The Balaban J connectivity index is 2.08. The van der Waals surface area contributed by atoms with E-state index in [1.165, 1.54) is 0 Å². The van der Waals surface area contributed by atoms with Gasteiger partial charge in [0, 0.05) is 17.1 Å². The lowest BCUT2D eigenvalue weighted by molar-refractivity contribution is -0.0231. The van der Waals surface area contributed by atoms with Crippen LogP contribution >= 0.6 is 0 Å². The van der Waals surface area contributed by atoms with Crippen LogP contribution in [0.3, 0.4) is 0 Å². The Morgan fingerprint density at radius 3 is 2.76 bits per heavy atom. The first-order valence-electron chi connectivity index (χ1n) is 6.63. The number of aryl methyl sites for hydroxylation is 1. The zero-order valence-corrected chi connectivity index (χ0v) is 11.4. The number of nitrogens with one attached hydrogen (secondary N) is 1. The van der Waals surface area contributed by atoms with Crippen LogP contribution in [-0.2, 0) is 4.74 Å². The second-order valence-electron chi connectivity index (χ2n) is 5.26. The fourth-order valence-corrected chi connectivity index (χ4v) is 2.59. The third kappa shape index (κ3) is 2.34. The van der Waals surface area contributed by atoms with Gasteiger partial charge in [-0.2, -0.15) is 0 Å². The minimum absolute atomic E-state index is 0.206. The number of H-pyrrole nitrogens is 1. The van der Waals surface area contributed by atoms with Gasteiger partial charge in [0.1, 0.15) is 30.1 Å². The molecule has 0 aliphatic carbocycles. The summed E-state index contributed by atoms with van der Waals surface area (Å²) >= 11 is 0. The standard InChI is InChI=1S/C14H16N2O5/c1-6-2-7-3-8(14(20)16-13(7)15-4-6)12-11(19)10(18)9(5-17)21-12/h2-4,9-12,17-19H,5H2,1H3,(H,15,16,20)/t9-,10?,11+,12+/m1/s1. The highest BCUT2D eigenvalue weighted by atomic mass is 16.6. The maximum Gasteiger partial charge on any atom is 0.255 e. The van der Waals surface area contributed by atoms with Crippen LogP contribution in [0.1, 0.15) is 17.2 Å². The number of nitrogens with zero attached hydrogens (tertiary/aromatic N) is 1. The van der Waals surface area contributed by atoms with Gasteiger partial charge in [0.15, 0.2) is 0 Å². The average molecular weight is 292 g/mol. The molecule has 2 aromatic heterocycles. The van der Waals surface area contributed by atoms with Crippen molar-refractivity contribution in [3.63, 3.8) is 0 Å². The topological polar surface area (TPSA) is 116 Å². The van der Waals surface area contributed by atoms with E-state index in [4.69, 9.17) is 9.84 Å². The molecule has 0 amide bonds. The molecule has 1 saturated heterocycles.